The van der Waals surface area contributed by atoms with Crippen molar-refractivity contribution in [2.45, 2.75) is 16.8 Å². The molecule has 0 unspecified atom stereocenters. The molecule has 0 amide bonds. The lowest BCUT2D eigenvalue weighted by Crippen LogP contribution is -2.19. The van der Waals surface area contributed by atoms with Gasteiger partial charge in [0.15, 0.2) is 5.16 Å². The molecule has 1 aliphatic rings. The van der Waals surface area contributed by atoms with Gasteiger partial charge in [-0.15, -0.1) is 0 Å². The Kier molecular flexibility index (Phi) is 3.03. The Morgan fingerprint density at radius 2 is 2.32 bits per heavy atom. The summed E-state index contributed by atoms with van der Waals surface area (Å²) in [7, 11) is -1.21. The third kappa shape index (κ3) is 2.24. The Morgan fingerprint density at radius 3 is 3.00 bits per heavy atom. The second-order valence-electron chi connectivity index (χ2n) is 4.41. The van der Waals surface area contributed by atoms with E-state index < -0.39 is 15.7 Å². The van der Waals surface area contributed by atoms with E-state index in [2.05, 4.69) is 15.3 Å². The highest BCUT2D eigenvalue weighted by molar-refractivity contribution is 7.85. The van der Waals surface area contributed by atoms with Crippen LogP contribution in [0.25, 0.3) is 11.0 Å². The minimum Gasteiger partial charge on any atom is -0.331 e. The summed E-state index contributed by atoms with van der Waals surface area (Å²) in [5, 5.41) is 14.3. The van der Waals surface area contributed by atoms with E-state index in [0.29, 0.717) is 22.7 Å². The van der Waals surface area contributed by atoms with Crippen LogP contribution in [-0.4, -0.2) is 37.4 Å². The number of aromatic amines is 1. The second-order valence-corrected chi connectivity index (χ2v) is 6.06. The van der Waals surface area contributed by atoms with Crippen molar-refractivity contribution < 1.29 is 9.13 Å². The average molecular weight is 280 g/mol. The summed E-state index contributed by atoms with van der Waals surface area (Å²) in [6.07, 6.45) is 0.851. The zero-order chi connectivity index (χ0) is 13.4. The van der Waals surface area contributed by atoms with Gasteiger partial charge in [-0.25, -0.2) is 4.98 Å². The molecule has 1 fully saturated rings. The Labute approximate surface area is 111 Å². The predicted molar refractivity (Wildman–Crippen MR) is 70.4 cm³/mol. The number of benzene rings is 1. The quantitative estimate of drug-likeness (QED) is 0.643. The molecule has 2 atom stereocenters. The van der Waals surface area contributed by atoms with E-state index in [4.69, 9.17) is 0 Å². The van der Waals surface area contributed by atoms with Crippen molar-refractivity contribution in [1.29, 1.82) is 0 Å². The van der Waals surface area contributed by atoms with Gasteiger partial charge in [0.2, 0.25) is 0 Å². The predicted octanol–water partition coefficient (Wildman–Crippen LogP) is 0.941. The van der Waals surface area contributed by atoms with Gasteiger partial charge in [-0.1, -0.05) is 0 Å². The van der Waals surface area contributed by atoms with E-state index in [-0.39, 0.29) is 10.9 Å². The van der Waals surface area contributed by atoms with Gasteiger partial charge >= 0.3 is 0 Å². The Hall–Kier alpha value is -1.80. The summed E-state index contributed by atoms with van der Waals surface area (Å²) >= 11 is 0. The normalized spacial score (nSPS) is 20.7. The first-order valence-electron chi connectivity index (χ1n) is 5.90. The lowest BCUT2D eigenvalue weighted by molar-refractivity contribution is -0.384. The molecule has 3 rings (SSSR count). The van der Waals surface area contributed by atoms with Crippen LogP contribution in [0.5, 0.6) is 0 Å². The van der Waals surface area contributed by atoms with E-state index in [0.717, 1.165) is 13.0 Å². The maximum Gasteiger partial charge on any atom is 0.271 e. The number of aromatic nitrogens is 2. The number of fused-ring (bicyclic) bond motifs is 1. The third-order valence-corrected chi connectivity index (χ3v) is 4.75. The summed E-state index contributed by atoms with van der Waals surface area (Å²) in [5.74, 6) is 0. The van der Waals surface area contributed by atoms with Gasteiger partial charge in [-0.05, 0) is 19.0 Å². The molecule has 8 heteroatoms. The van der Waals surface area contributed by atoms with Crippen LogP contribution in [-0.2, 0) is 10.8 Å². The molecule has 19 heavy (non-hydrogen) atoms. The molecular weight excluding hydrogens is 268 g/mol. The molecule has 100 valence electrons. The molecule has 0 aliphatic carbocycles. The standard InChI is InChI=1S/C11H12N4O3S/c16-15(17)7-1-2-9-10(5-7)14-11(13-9)19(18)8-3-4-12-6-8/h1-2,5,8,12H,3-4,6H2,(H,13,14)/t8-,19-/m1/s1. The molecule has 2 N–H and O–H groups in total. The van der Waals surface area contributed by atoms with Crippen molar-refractivity contribution >= 4 is 27.5 Å². The van der Waals surface area contributed by atoms with Gasteiger partial charge in [0.1, 0.15) is 0 Å². The molecular formula is C11H12N4O3S. The van der Waals surface area contributed by atoms with E-state index >= 15 is 0 Å². The lowest BCUT2D eigenvalue weighted by atomic mass is 10.3. The van der Waals surface area contributed by atoms with E-state index in [1.165, 1.54) is 12.1 Å². The molecule has 0 radical (unpaired) electrons. The van der Waals surface area contributed by atoms with Gasteiger partial charge in [0.05, 0.1) is 32.0 Å². The number of nitrogens with zero attached hydrogens (tertiary/aromatic N) is 2. The number of nitro groups is 1. The van der Waals surface area contributed by atoms with Crippen LogP contribution in [0.15, 0.2) is 23.4 Å². The van der Waals surface area contributed by atoms with Crippen LogP contribution in [0.3, 0.4) is 0 Å². The average Bonchev–Trinajstić information content (AvgIpc) is 3.06. The van der Waals surface area contributed by atoms with Gasteiger partial charge < -0.3 is 10.3 Å². The van der Waals surface area contributed by atoms with E-state index in [1.54, 1.807) is 6.07 Å². The molecule has 0 spiro atoms. The number of rotatable bonds is 3. The van der Waals surface area contributed by atoms with Crippen LogP contribution >= 0.6 is 0 Å². The summed E-state index contributed by atoms with van der Waals surface area (Å²) in [6.45, 7) is 1.58. The second kappa shape index (κ2) is 4.71. The molecule has 2 aromatic rings. The number of nitro benzene ring substituents is 1. The van der Waals surface area contributed by atoms with Gasteiger partial charge in [-0.2, -0.15) is 0 Å². The monoisotopic (exact) mass is 280 g/mol. The number of H-pyrrole nitrogens is 1. The van der Waals surface area contributed by atoms with Gasteiger partial charge in [-0.3, -0.25) is 14.3 Å². The van der Waals surface area contributed by atoms with Crippen molar-refractivity contribution in [3.05, 3.63) is 28.3 Å². The fraction of sp³-hybridized carbons (Fsp3) is 0.364. The highest BCUT2D eigenvalue weighted by atomic mass is 32.2. The fourth-order valence-electron chi connectivity index (χ4n) is 2.15. The molecule has 1 saturated heterocycles. The molecule has 1 aliphatic heterocycles. The first-order valence-corrected chi connectivity index (χ1v) is 7.12. The summed E-state index contributed by atoms with van der Waals surface area (Å²) < 4.78 is 12.3. The molecule has 1 aromatic carbocycles. The van der Waals surface area contributed by atoms with Gasteiger partial charge in [0, 0.05) is 18.7 Å². The zero-order valence-electron chi connectivity index (χ0n) is 9.96. The first-order chi connectivity index (χ1) is 9.15. The van der Waals surface area contributed by atoms with Crippen LogP contribution < -0.4 is 5.32 Å². The number of non-ortho nitro benzene ring substituents is 1. The van der Waals surface area contributed by atoms with E-state index in [9.17, 15) is 14.3 Å². The molecule has 2 heterocycles. The first kappa shape index (κ1) is 12.2. The van der Waals surface area contributed by atoms with Crippen LogP contribution in [0.2, 0.25) is 0 Å². The van der Waals surface area contributed by atoms with Crippen LogP contribution in [0.1, 0.15) is 6.42 Å². The fourth-order valence-corrected chi connectivity index (χ4v) is 3.47. The lowest BCUT2D eigenvalue weighted by Gasteiger charge is -2.04. The highest BCUT2D eigenvalue weighted by Crippen LogP contribution is 2.21. The summed E-state index contributed by atoms with van der Waals surface area (Å²) in [6, 6.07) is 4.38. The maximum absolute atomic E-state index is 12.3. The number of hydrogen-bond donors (Lipinski definition) is 2. The number of nitrogens with one attached hydrogen (secondary N) is 2. The smallest absolute Gasteiger partial charge is 0.271 e. The summed E-state index contributed by atoms with van der Waals surface area (Å²) in [5.41, 5.74) is 1.14. The minimum atomic E-state index is -1.21. The Balaban J connectivity index is 1.96. The molecule has 1 aromatic heterocycles. The topological polar surface area (TPSA) is 101 Å². The van der Waals surface area contributed by atoms with E-state index in [1.807, 2.05) is 0 Å². The number of hydrogen-bond acceptors (Lipinski definition) is 5. The maximum atomic E-state index is 12.3. The molecule has 7 nitrogen and oxygen atoms in total. The Bertz CT molecular complexity index is 663. The highest BCUT2D eigenvalue weighted by Gasteiger charge is 2.24. The van der Waals surface area contributed by atoms with Crippen molar-refractivity contribution in [1.82, 2.24) is 15.3 Å². The van der Waals surface area contributed by atoms with Crippen molar-refractivity contribution in [3.8, 4) is 0 Å². The Morgan fingerprint density at radius 1 is 1.47 bits per heavy atom. The largest absolute Gasteiger partial charge is 0.331 e. The van der Waals surface area contributed by atoms with Crippen LogP contribution in [0, 0.1) is 10.1 Å². The van der Waals surface area contributed by atoms with Crippen molar-refractivity contribution in [3.63, 3.8) is 0 Å². The SMILES string of the molecule is O=[N+]([O-])c1ccc2nc([S@](=O)[C@@H]3CCNC3)[nH]c2c1. The third-order valence-electron chi connectivity index (χ3n) is 3.16. The summed E-state index contributed by atoms with van der Waals surface area (Å²) in [4.78, 5) is 17.4. The number of imidazole rings is 1. The zero-order valence-corrected chi connectivity index (χ0v) is 10.8. The van der Waals surface area contributed by atoms with Crippen molar-refractivity contribution in [2.24, 2.45) is 0 Å². The van der Waals surface area contributed by atoms with Gasteiger partial charge in [0.25, 0.3) is 5.69 Å². The minimum absolute atomic E-state index is 0.00369. The van der Waals surface area contributed by atoms with Crippen molar-refractivity contribution in [2.75, 3.05) is 13.1 Å². The molecule has 0 bridgehead atoms. The van der Waals surface area contributed by atoms with Crippen LogP contribution in [0.4, 0.5) is 5.69 Å². The molecule has 0 saturated carbocycles.